The Kier molecular flexibility index (Phi) is 6.09. The second kappa shape index (κ2) is 8.97. The molecule has 0 aliphatic heterocycles. The van der Waals surface area contributed by atoms with Gasteiger partial charge in [0.15, 0.2) is 18.2 Å². The van der Waals surface area contributed by atoms with E-state index in [1.807, 2.05) is 0 Å². The number of carbonyl (C=O) groups excluding carboxylic acids is 5. The van der Waals surface area contributed by atoms with E-state index in [4.69, 9.17) is 4.74 Å². The molecule has 4 rings (SSSR count). The van der Waals surface area contributed by atoms with Crippen LogP contribution in [0, 0.1) is 0 Å². The maximum Gasteiger partial charge on any atom is 0.332 e. The lowest BCUT2D eigenvalue weighted by molar-refractivity contribution is -0.157. The third-order valence-corrected chi connectivity index (χ3v) is 6.06. The highest BCUT2D eigenvalue weighted by Gasteiger charge is 2.42. The lowest BCUT2D eigenvalue weighted by atomic mass is 9.81. The number of nitrogens with one attached hydrogen (secondary N) is 2. The number of benzene rings is 2. The van der Waals surface area contributed by atoms with Gasteiger partial charge in [-0.3, -0.25) is 19.2 Å². The van der Waals surface area contributed by atoms with Crippen molar-refractivity contribution in [3.8, 4) is 0 Å². The molecule has 0 atom stereocenters. The van der Waals surface area contributed by atoms with Crippen LogP contribution in [-0.4, -0.2) is 41.5 Å². The Balaban J connectivity index is 1.43. The number of hydrogen-bond donors (Lipinski definition) is 2. The lowest BCUT2D eigenvalue weighted by Crippen LogP contribution is -2.56. The number of ketones is 2. The van der Waals surface area contributed by atoms with Gasteiger partial charge in [-0.25, -0.2) is 4.79 Å². The molecule has 0 bridgehead atoms. The fourth-order valence-corrected chi connectivity index (χ4v) is 4.52. The van der Waals surface area contributed by atoms with E-state index in [0.29, 0.717) is 29.7 Å². The Morgan fingerprint density at radius 3 is 2.12 bits per heavy atom. The van der Waals surface area contributed by atoms with Gasteiger partial charge in [0, 0.05) is 34.9 Å². The minimum atomic E-state index is -1.10. The van der Waals surface area contributed by atoms with Crippen LogP contribution >= 0.6 is 0 Å². The zero-order valence-corrected chi connectivity index (χ0v) is 18.2. The van der Waals surface area contributed by atoms with Gasteiger partial charge < -0.3 is 15.4 Å². The van der Waals surface area contributed by atoms with Crippen LogP contribution in [0.4, 0.5) is 5.69 Å². The molecule has 0 radical (unpaired) electrons. The van der Waals surface area contributed by atoms with Gasteiger partial charge in [-0.1, -0.05) is 43.5 Å². The minimum absolute atomic E-state index is 0.209. The van der Waals surface area contributed by atoms with Crippen molar-refractivity contribution in [1.82, 2.24) is 5.32 Å². The highest BCUT2D eigenvalue weighted by molar-refractivity contribution is 6.28. The van der Waals surface area contributed by atoms with Gasteiger partial charge in [0.25, 0.3) is 5.91 Å². The van der Waals surface area contributed by atoms with Crippen LogP contribution in [-0.2, 0) is 19.1 Å². The molecule has 0 aromatic heterocycles. The predicted molar refractivity (Wildman–Crippen MR) is 119 cm³/mol. The van der Waals surface area contributed by atoms with Gasteiger partial charge in [-0.05, 0) is 31.0 Å². The first-order chi connectivity index (χ1) is 15.8. The zero-order chi connectivity index (χ0) is 23.6. The lowest BCUT2D eigenvalue weighted by Gasteiger charge is -2.35. The Morgan fingerprint density at radius 2 is 1.48 bits per heavy atom. The average Bonchev–Trinajstić information content (AvgIpc) is 2.81. The summed E-state index contributed by atoms with van der Waals surface area (Å²) in [7, 11) is 0. The van der Waals surface area contributed by atoms with Crippen LogP contribution in [0.3, 0.4) is 0 Å². The van der Waals surface area contributed by atoms with E-state index in [9.17, 15) is 24.0 Å². The van der Waals surface area contributed by atoms with E-state index < -0.39 is 24.0 Å². The number of hydrogen-bond acceptors (Lipinski definition) is 6. The van der Waals surface area contributed by atoms with Crippen molar-refractivity contribution < 1.29 is 28.7 Å². The molecule has 8 nitrogen and oxygen atoms in total. The summed E-state index contributed by atoms with van der Waals surface area (Å²) >= 11 is 0. The van der Waals surface area contributed by atoms with Gasteiger partial charge in [0.2, 0.25) is 5.91 Å². The average molecular weight is 448 g/mol. The van der Waals surface area contributed by atoms with Crippen molar-refractivity contribution in [3.05, 3.63) is 64.7 Å². The molecule has 0 heterocycles. The fourth-order valence-electron chi connectivity index (χ4n) is 4.52. The molecule has 170 valence electrons. The van der Waals surface area contributed by atoms with Crippen molar-refractivity contribution in [1.29, 1.82) is 0 Å². The molecule has 0 saturated heterocycles. The number of amides is 2. The normalized spacial score (nSPS) is 16.3. The largest absolute Gasteiger partial charge is 0.454 e. The molecule has 2 aromatic carbocycles. The minimum Gasteiger partial charge on any atom is -0.454 e. The monoisotopic (exact) mass is 448 g/mol. The van der Waals surface area contributed by atoms with E-state index in [1.54, 1.807) is 24.3 Å². The Labute approximate surface area is 190 Å². The molecule has 2 N–H and O–H groups in total. The summed E-state index contributed by atoms with van der Waals surface area (Å²) in [4.78, 5) is 62.2. The smallest absolute Gasteiger partial charge is 0.332 e. The molecular weight excluding hydrogens is 424 g/mol. The van der Waals surface area contributed by atoms with Crippen LogP contribution in [0.5, 0.6) is 0 Å². The van der Waals surface area contributed by atoms with Crippen molar-refractivity contribution in [2.24, 2.45) is 0 Å². The number of esters is 1. The summed E-state index contributed by atoms with van der Waals surface area (Å²) < 4.78 is 5.23. The van der Waals surface area contributed by atoms with Crippen molar-refractivity contribution in [2.75, 3.05) is 11.9 Å². The summed E-state index contributed by atoms with van der Waals surface area (Å²) in [5.74, 6) is -2.09. The SMILES string of the molecule is CC(=O)NC1(C(=O)OCC(=O)Nc2ccc3c(c2)C(=O)c2ccccc2C3=O)CCCCC1. The van der Waals surface area contributed by atoms with Crippen LogP contribution in [0.15, 0.2) is 42.5 Å². The second-order valence-electron chi connectivity index (χ2n) is 8.41. The third kappa shape index (κ3) is 4.41. The molecular formula is C25H24N2O6. The van der Waals surface area contributed by atoms with Crippen LogP contribution in [0.1, 0.15) is 70.9 Å². The molecule has 0 spiro atoms. The molecule has 2 amide bonds. The van der Waals surface area contributed by atoms with E-state index in [1.165, 1.54) is 25.1 Å². The zero-order valence-electron chi connectivity index (χ0n) is 18.2. The number of anilines is 1. The molecule has 1 fully saturated rings. The third-order valence-electron chi connectivity index (χ3n) is 6.06. The summed E-state index contributed by atoms with van der Waals surface area (Å²) in [5.41, 5.74) is 0.372. The van der Waals surface area contributed by atoms with Crippen LogP contribution in [0.2, 0.25) is 0 Å². The van der Waals surface area contributed by atoms with E-state index in [0.717, 1.165) is 19.3 Å². The predicted octanol–water partition coefficient (Wildman–Crippen LogP) is 2.78. The number of ether oxygens (including phenoxy) is 1. The number of carbonyl (C=O) groups is 5. The van der Waals surface area contributed by atoms with Crippen molar-refractivity contribution in [2.45, 2.75) is 44.6 Å². The Morgan fingerprint density at radius 1 is 0.879 bits per heavy atom. The molecule has 2 aliphatic carbocycles. The van der Waals surface area contributed by atoms with Gasteiger partial charge in [0.05, 0.1) is 0 Å². The van der Waals surface area contributed by atoms with Crippen molar-refractivity contribution >= 4 is 35.0 Å². The highest BCUT2D eigenvalue weighted by atomic mass is 16.5. The first-order valence-electron chi connectivity index (χ1n) is 10.9. The Bertz CT molecular complexity index is 1160. The number of fused-ring (bicyclic) bond motifs is 2. The second-order valence-corrected chi connectivity index (χ2v) is 8.41. The Hall–Kier alpha value is -3.81. The fraction of sp³-hybridized carbons (Fsp3) is 0.320. The summed E-state index contributed by atoms with van der Waals surface area (Å²) in [6.07, 6.45) is 3.48. The summed E-state index contributed by atoms with van der Waals surface area (Å²) in [6.45, 7) is 0.809. The van der Waals surface area contributed by atoms with Gasteiger partial charge >= 0.3 is 5.97 Å². The van der Waals surface area contributed by atoms with Gasteiger partial charge in [0.1, 0.15) is 5.54 Å². The highest BCUT2D eigenvalue weighted by Crippen LogP contribution is 2.30. The maximum absolute atomic E-state index is 12.8. The summed E-state index contributed by atoms with van der Waals surface area (Å²) in [6, 6.07) is 11.1. The summed E-state index contributed by atoms with van der Waals surface area (Å²) in [5, 5.41) is 5.30. The van der Waals surface area contributed by atoms with Crippen molar-refractivity contribution in [3.63, 3.8) is 0 Å². The van der Waals surface area contributed by atoms with Crippen LogP contribution in [0.25, 0.3) is 0 Å². The molecule has 2 aliphatic rings. The number of rotatable bonds is 5. The molecule has 0 unspecified atom stereocenters. The van der Waals surface area contributed by atoms with E-state index >= 15 is 0 Å². The molecule has 2 aromatic rings. The molecule has 8 heteroatoms. The van der Waals surface area contributed by atoms with Gasteiger partial charge in [-0.15, -0.1) is 0 Å². The topological polar surface area (TPSA) is 119 Å². The molecule has 1 saturated carbocycles. The maximum atomic E-state index is 12.8. The standard InChI is InChI=1S/C25H24N2O6/c1-15(28)27-25(11-5-2-6-12-25)24(32)33-14-21(29)26-16-9-10-19-20(13-16)23(31)18-8-4-3-7-17(18)22(19)30/h3-4,7-10,13H,2,5-6,11-12,14H2,1H3,(H,26,29)(H,27,28). The first kappa shape index (κ1) is 22.4. The van der Waals surface area contributed by atoms with E-state index in [2.05, 4.69) is 10.6 Å². The quantitative estimate of drug-likeness (QED) is 0.580. The van der Waals surface area contributed by atoms with Crippen LogP contribution < -0.4 is 10.6 Å². The first-order valence-corrected chi connectivity index (χ1v) is 10.9. The molecule has 33 heavy (non-hydrogen) atoms. The van der Waals surface area contributed by atoms with E-state index in [-0.39, 0.29) is 28.6 Å². The van der Waals surface area contributed by atoms with Gasteiger partial charge in [-0.2, -0.15) is 0 Å².